The number of rotatable bonds is 5. The van der Waals surface area contributed by atoms with Crippen LogP contribution in [0, 0.1) is 0 Å². The molecule has 0 aliphatic rings. The highest BCUT2D eigenvalue weighted by atomic mass is 35.5. The average molecular weight is 233 g/mol. The lowest BCUT2D eigenvalue weighted by molar-refractivity contribution is 0.120. The van der Waals surface area contributed by atoms with Crippen molar-refractivity contribution in [2.75, 3.05) is 21.3 Å². The van der Waals surface area contributed by atoms with Crippen molar-refractivity contribution in [2.45, 2.75) is 17.3 Å². The zero-order valence-electron chi connectivity index (χ0n) is 7.64. The lowest BCUT2D eigenvalue weighted by Crippen LogP contribution is -2.54. The van der Waals surface area contributed by atoms with Crippen molar-refractivity contribution in [3.05, 3.63) is 0 Å². The molecule has 0 spiro atoms. The summed E-state index contributed by atoms with van der Waals surface area (Å²) in [6.07, 6.45) is 0. The lowest BCUT2D eigenvalue weighted by atomic mass is 10.6. The van der Waals surface area contributed by atoms with E-state index in [0.29, 0.717) is 0 Å². The molecule has 0 bridgehead atoms. The molecule has 0 amide bonds. The van der Waals surface area contributed by atoms with Crippen LogP contribution in [0.1, 0.15) is 6.92 Å². The first-order chi connectivity index (χ1) is 5.54. The van der Waals surface area contributed by atoms with Crippen LogP contribution < -0.4 is 0 Å². The Morgan fingerprint density at radius 2 is 1.33 bits per heavy atom. The fraction of sp³-hybridized carbons (Fsp3) is 1.00. The Hall–Kier alpha value is 0.677. The topological polar surface area (TPSA) is 27.7 Å². The highest BCUT2D eigenvalue weighted by Crippen LogP contribution is 2.23. The summed E-state index contributed by atoms with van der Waals surface area (Å²) in [7, 11) is 1.77. The van der Waals surface area contributed by atoms with Crippen molar-refractivity contribution >= 4 is 32.0 Å². The first kappa shape index (κ1) is 12.7. The van der Waals surface area contributed by atoms with Gasteiger partial charge < -0.3 is 13.3 Å². The third kappa shape index (κ3) is 2.58. The van der Waals surface area contributed by atoms with Gasteiger partial charge in [-0.1, -0.05) is 0 Å². The van der Waals surface area contributed by atoms with Crippen LogP contribution in [0.5, 0.6) is 0 Å². The third-order valence-corrected chi connectivity index (χ3v) is 6.25. The molecule has 0 N–H and O–H groups in total. The van der Waals surface area contributed by atoms with Crippen LogP contribution in [0.2, 0.25) is 0 Å². The fourth-order valence-electron chi connectivity index (χ4n) is 0.869. The van der Waals surface area contributed by atoms with Gasteiger partial charge in [-0.05, 0) is 6.92 Å². The summed E-state index contributed by atoms with van der Waals surface area (Å²) in [5, 5.41) is -0.683. The molecule has 0 saturated heterocycles. The van der Waals surface area contributed by atoms with E-state index in [1.807, 2.05) is 0 Å². The van der Waals surface area contributed by atoms with Crippen LogP contribution in [0.15, 0.2) is 0 Å². The van der Waals surface area contributed by atoms with Gasteiger partial charge in [-0.15, -0.1) is 23.2 Å². The molecule has 74 valence electrons. The molecule has 12 heavy (non-hydrogen) atoms. The van der Waals surface area contributed by atoms with Crippen LogP contribution in [0.4, 0.5) is 0 Å². The highest BCUT2D eigenvalue weighted by Gasteiger charge is 2.48. The molecule has 2 atom stereocenters. The van der Waals surface area contributed by atoms with E-state index in [1.54, 1.807) is 6.92 Å². The van der Waals surface area contributed by atoms with Crippen molar-refractivity contribution in [2.24, 2.45) is 0 Å². The fourth-order valence-corrected chi connectivity index (χ4v) is 3.87. The lowest BCUT2D eigenvalue weighted by Gasteiger charge is -2.29. The zero-order chi connectivity index (χ0) is 9.78. The van der Waals surface area contributed by atoms with Gasteiger partial charge in [0.15, 0.2) is 0 Å². The minimum atomic E-state index is -2.75. The molecule has 0 aromatic heterocycles. The molecule has 0 fully saturated rings. The Kier molecular flexibility index (Phi) is 5.72. The molecule has 6 heteroatoms. The van der Waals surface area contributed by atoms with Crippen LogP contribution in [0.25, 0.3) is 0 Å². The summed E-state index contributed by atoms with van der Waals surface area (Å²) >= 11 is 11.8. The quantitative estimate of drug-likeness (QED) is 0.533. The van der Waals surface area contributed by atoms with E-state index in [-0.39, 0.29) is 5.38 Å². The van der Waals surface area contributed by atoms with E-state index in [2.05, 4.69) is 0 Å². The highest BCUT2D eigenvalue weighted by molar-refractivity contribution is 6.72. The molecule has 3 nitrogen and oxygen atoms in total. The van der Waals surface area contributed by atoms with Gasteiger partial charge in [0.25, 0.3) is 0 Å². The molecule has 2 unspecified atom stereocenters. The summed E-state index contributed by atoms with van der Waals surface area (Å²) < 4.78 is 15.4. The average Bonchev–Trinajstić information content (AvgIpc) is 2.08. The van der Waals surface area contributed by atoms with Gasteiger partial charge in [0.1, 0.15) is 5.00 Å². The van der Waals surface area contributed by atoms with Crippen LogP contribution in [-0.4, -0.2) is 40.5 Å². The minimum absolute atomic E-state index is 0.252. The van der Waals surface area contributed by atoms with Gasteiger partial charge in [-0.25, -0.2) is 0 Å². The molecule has 0 saturated carbocycles. The van der Waals surface area contributed by atoms with Gasteiger partial charge in [0.2, 0.25) is 0 Å². The minimum Gasteiger partial charge on any atom is -0.376 e. The van der Waals surface area contributed by atoms with Crippen LogP contribution >= 0.6 is 23.2 Å². The summed E-state index contributed by atoms with van der Waals surface area (Å²) in [6.45, 7) is 1.78. The van der Waals surface area contributed by atoms with E-state index in [1.165, 1.54) is 21.3 Å². The SMILES string of the molecule is CO[Si](OC)(OC)C(Cl)C(C)Cl. The maximum Gasteiger partial charge on any atom is 0.520 e. The van der Waals surface area contributed by atoms with E-state index >= 15 is 0 Å². The van der Waals surface area contributed by atoms with E-state index in [9.17, 15) is 0 Å². The Bertz CT molecular complexity index is 122. The van der Waals surface area contributed by atoms with Crippen LogP contribution in [0.3, 0.4) is 0 Å². The Morgan fingerprint density at radius 3 is 1.42 bits per heavy atom. The Labute approximate surface area is 84.3 Å². The Morgan fingerprint density at radius 1 is 1.00 bits per heavy atom. The van der Waals surface area contributed by atoms with Gasteiger partial charge in [0, 0.05) is 21.3 Å². The monoisotopic (exact) mass is 232 g/mol. The molecular formula is C6H14Cl2O3Si. The standard InChI is InChI=1S/C6H14Cl2O3Si/c1-5(7)6(8)12(9-2,10-3)11-4/h5-6H,1-4H3. The summed E-state index contributed by atoms with van der Waals surface area (Å²) in [5.74, 6) is 0. The smallest absolute Gasteiger partial charge is 0.376 e. The first-order valence-corrected chi connectivity index (χ1v) is 6.15. The molecule has 0 aromatic carbocycles. The van der Waals surface area contributed by atoms with Gasteiger partial charge in [-0.3, -0.25) is 0 Å². The van der Waals surface area contributed by atoms with Crippen molar-refractivity contribution in [1.29, 1.82) is 0 Å². The van der Waals surface area contributed by atoms with Gasteiger partial charge in [0.05, 0.1) is 5.38 Å². The predicted octanol–water partition coefficient (Wildman–Crippen LogP) is 1.64. The van der Waals surface area contributed by atoms with Crippen molar-refractivity contribution in [3.63, 3.8) is 0 Å². The van der Waals surface area contributed by atoms with E-state index < -0.39 is 13.8 Å². The molecule has 0 aliphatic heterocycles. The number of hydrogen-bond donors (Lipinski definition) is 0. The van der Waals surface area contributed by atoms with E-state index in [4.69, 9.17) is 36.5 Å². The second-order valence-electron chi connectivity index (χ2n) is 2.30. The number of hydrogen-bond acceptors (Lipinski definition) is 3. The first-order valence-electron chi connectivity index (χ1n) is 3.47. The van der Waals surface area contributed by atoms with Gasteiger partial charge >= 0.3 is 8.80 Å². The van der Waals surface area contributed by atoms with Crippen molar-refractivity contribution in [3.8, 4) is 0 Å². The maximum absolute atomic E-state index is 5.99. The number of alkyl halides is 2. The second kappa shape index (κ2) is 5.42. The second-order valence-corrected chi connectivity index (χ2v) is 6.87. The van der Waals surface area contributed by atoms with Gasteiger partial charge in [-0.2, -0.15) is 0 Å². The molecule has 0 aliphatic carbocycles. The van der Waals surface area contributed by atoms with Crippen molar-refractivity contribution < 1.29 is 13.3 Å². The third-order valence-electron chi connectivity index (χ3n) is 1.59. The largest absolute Gasteiger partial charge is 0.520 e. The van der Waals surface area contributed by atoms with Crippen LogP contribution in [-0.2, 0) is 13.3 Å². The molecule has 0 rings (SSSR count). The van der Waals surface area contributed by atoms with E-state index in [0.717, 1.165) is 0 Å². The molecule has 0 heterocycles. The summed E-state index contributed by atoms with van der Waals surface area (Å²) in [4.78, 5) is 0. The molecular weight excluding hydrogens is 219 g/mol. The van der Waals surface area contributed by atoms with Crippen molar-refractivity contribution in [1.82, 2.24) is 0 Å². The molecule has 0 aromatic rings. The normalized spacial score (nSPS) is 17.5. The predicted molar refractivity (Wildman–Crippen MR) is 51.7 cm³/mol. The summed E-state index contributed by atoms with van der Waals surface area (Å²) in [5.41, 5.74) is 0. The zero-order valence-corrected chi connectivity index (χ0v) is 10.1. The number of halogens is 2. The maximum atomic E-state index is 5.99. The Balaban J connectivity index is 4.46. The summed E-state index contributed by atoms with van der Waals surface area (Å²) in [6, 6.07) is 0. The molecule has 0 radical (unpaired) electrons.